The summed E-state index contributed by atoms with van der Waals surface area (Å²) in [6.07, 6.45) is 3.73. The van der Waals surface area contributed by atoms with Crippen LogP contribution in [0.5, 0.6) is 0 Å². The largest absolute Gasteiger partial charge is 0.354 e. The molecule has 1 saturated heterocycles. The van der Waals surface area contributed by atoms with Crippen molar-refractivity contribution in [2.75, 3.05) is 23.3 Å². The first-order valence-electron chi connectivity index (χ1n) is 8.15. The minimum atomic E-state index is -0.283. The van der Waals surface area contributed by atoms with Gasteiger partial charge in [0.15, 0.2) is 11.6 Å². The number of aromatic nitrogens is 3. The molecule has 1 aromatic carbocycles. The van der Waals surface area contributed by atoms with E-state index < -0.39 is 0 Å². The fourth-order valence-corrected chi connectivity index (χ4v) is 3.12. The van der Waals surface area contributed by atoms with E-state index in [0.29, 0.717) is 17.2 Å². The fourth-order valence-electron chi connectivity index (χ4n) is 2.95. The Bertz CT molecular complexity index is 940. The summed E-state index contributed by atoms with van der Waals surface area (Å²) in [7, 11) is 0. The summed E-state index contributed by atoms with van der Waals surface area (Å²) in [5, 5.41) is 3.16. The van der Waals surface area contributed by atoms with E-state index in [2.05, 4.69) is 20.2 Å². The van der Waals surface area contributed by atoms with Crippen LogP contribution in [0.4, 0.5) is 11.6 Å². The van der Waals surface area contributed by atoms with Crippen molar-refractivity contribution in [1.82, 2.24) is 15.0 Å². The molecule has 1 N–H and O–H groups in total. The van der Waals surface area contributed by atoms with Crippen LogP contribution in [0.25, 0.3) is 11.0 Å². The Kier molecular flexibility index (Phi) is 4.19. The van der Waals surface area contributed by atoms with E-state index in [1.54, 1.807) is 6.07 Å². The third-order valence-electron chi connectivity index (χ3n) is 4.18. The lowest BCUT2D eigenvalue weighted by Crippen LogP contribution is -2.23. The summed E-state index contributed by atoms with van der Waals surface area (Å²) < 4.78 is 0. The van der Waals surface area contributed by atoms with Gasteiger partial charge in [0.05, 0.1) is 11.0 Å². The van der Waals surface area contributed by atoms with Crippen LogP contribution in [0, 0.1) is 0 Å². The molecule has 25 heavy (non-hydrogen) atoms. The van der Waals surface area contributed by atoms with Crippen molar-refractivity contribution < 1.29 is 4.79 Å². The van der Waals surface area contributed by atoms with Gasteiger partial charge in [0.25, 0.3) is 5.91 Å². The van der Waals surface area contributed by atoms with Gasteiger partial charge in [-0.1, -0.05) is 23.7 Å². The second kappa shape index (κ2) is 6.64. The molecule has 1 amide bonds. The quantitative estimate of drug-likeness (QED) is 0.729. The maximum Gasteiger partial charge on any atom is 0.257 e. The van der Waals surface area contributed by atoms with Gasteiger partial charge >= 0.3 is 0 Å². The van der Waals surface area contributed by atoms with Gasteiger partial charge in [-0.05, 0) is 37.1 Å². The summed E-state index contributed by atoms with van der Waals surface area (Å²) >= 11 is 5.88. The van der Waals surface area contributed by atoms with E-state index >= 15 is 0 Å². The maximum atomic E-state index is 12.6. The third kappa shape index (κ3) is 3.25. The molecule has 4 rings (SSSR count). The Morgan fingerprint density at radius 1 is 1.08 bits per heavy atom. The lowest BCUT2D eigenvalue weighted by atomic mass is 10.2. The predicted molar refractivity (Wildman–Crippen MR) is 98.2 cm³/mol. The highest BCUT2D eigenvalue weighted by Gasteiger charge is 2.21. The molecule has 0 saturated carbocycles. The molecular formula is C18H16ClN5O. The minimum absolute atomic E-state index is 0.275. The molecule has 0 spiro atoms. The smallest absolute Gasteiger partial charge is 0.257 e. The summed E-state index contributed by atoms with van der Waals surface area (Å²) in [6, 6.07) is 10.8. The number of hydrogen-bond acceptors (Lipinski definition) is 5. The van der Waals surface area contributed by atoms with Gasteiger partial charge in [-0.2, -0.15) is 0 Å². The second-order valence-corrected chi connectivity index (χ2v) is 6.29. The number of halogens is 1. The number of nitrogens with zero attached hydrogens (tertiary/aromatic N) is 4. The van der Waals surface area contributed by atoms with Crippen LogP contribution in [0.3, 0.4) is 0 Å². The zero-order valence-corrected chi connectivity index (χ0v) is 14.2. The van der Waals surface area contributed by atoms with E-state index in [1.165, 1.54) is 12.3 Å². The topological polar surface area (TPSA) is 71.0 Å². The number of rotatable bonds is 3. The molecule has 126 valence electrons. The van der Waals surface area contributed by atoms with Crippen molar-refractivity contribution in [3.8, 4) is 0 Å². The van der Waals surface area contributed by atoms with Crippen molar-refractivity contribution in [2.24, 2.45) is 0 Å². The summed E-state index contributed by atoms with van der Waals surface area (Å²) in [6.45, 7) is 1.83. The molecule has 2 aromatic heterocycles. The molecule has 0 radical (unpaired) electrons. The molecule has 7 heteroatoms. The maximum absolute atomic E-state index is 12.6. The highest BCUT2D eigenvalue weighted by Crippen LogP contribution is 2.28. The van der Waals surface area contributed by atoms with Gasteiger partial charge in [0.2, 0.25) is 0 Å². The normalized spacial score (nSPS) is 14.0. The van der Waals surface area contributed by atoms with Crippen LogP contribution in [0.1, 0.15) is 23.2 Å². The first-order chi connectivity index (χ1) is 12.2. The third-order valence-corrected chi connectivity index (χ3v) is 4.39. The summed E-state index contributed by atoms with van der Waals surface area (Å²) in [5.74, 6) is 0.901. The van der Waals surface area contributed by atoms with Gasteiger partial charge in [-0.15, -0.1) is 0 Å². The molecule has 3 heterocycles. The first kappa shape index (κ1) is 15.8. The monoisotopic (exact) mass is 353 g/mol. The van der Waals surface area contributed by atoms with Crippen LogP contribution >= 0.6 is 11.6 Å². The number of nitrogens with one attached hydrogen (secondary N) is 1. The highest BCUT2D eigenvalue weighted by molar-refractivity contribution is 6.29. The molecule has 1 aliphatic heterocycles. The second-order valence-electron chi connectivity index (χ2n) is 5.90. The molecule has 0 unspecified atom stereocenters. The lowest BCUT2D eigenvalue weighted by molar-refractivity contribution is 0.102. The van der Waals surface area contributed by atoms with Gasteiger partial charge in [0, 0.05) is 24.8 Å². The van der Waals surface area contributed by atoms with Gasteiger partial charge < -0.3 is 10.2 Å². The number of pyridine rings is 1. The zero-order valence-electron chi connectivity index (χ0n) is 13.4. The van der Waals surface area contributed by atoms with Crippen molar-refractivity contribution >= 4 is 40.2 Å². The summed E-state index contributed by atoms with van der Waals surface area (Å²) in [5.41, 5.74) is 1.99. The SMILES string of the molecule is O=C(Nc1nc2ccccc2nc1N1CCCC1)c1ccnc(Cl)c1. The van der Waals surface area contributed by atoms with Crippen LogP contribution in [0.2, 0.25) is 5.15 Å². The molecule has 0 bridgehead atoms. The van der Waals surface area contributed by atoms with Crippen LogP contribution in [0.15, 0.2) is 42.6 Å². The van der Waals surface area contributed by atoms with Crippen LogP contribution < -0.4 is 10.2 Å². The Morgan fingerprint density at radius 3 is 2.52 bits per heavy atom. The predicted octanol–water partition coefficient (Wildman–Crippen LogP) is 3.53. The number of fused-ring (bicyclic) bond motifs is 1. The highest BCUT2D eigenvalue weighted by atomic mass is 35.5. The number of carbonyl (C=O) groups is 1. The van der Waals surface area contributed by atoms with Gasteiger partial charge in [-0.3, -0.25) is 4.79 Å². The van der Waals surface area contributed by atoms with Crippen molar-refractivity contribution in [2.45, 2.75) is 12.8 Å². The van der Waals surface area contributed by atoms with Crippen molar-refractivity contribution in [1.29, 1.82) is 0 Å². The number of amides is 1. The van der Waals surface area contributed by atoms with Crippen LogP contribution in [-0.4, -0.2) is 33.9 Å². The zero-order chi connectivity index (χ0) is 17.2. The Morgan fingerprint density at radius 2 is 1.80 bits per heavy atom. The number of para-hydroxylation sites is 2. The molecule has 1 fully saturated rings. The Hall–Kier alpha value is -2.73. The first-order valence-corrected chi connectivity index (χ1v) is 8.53. The van der Waals surface area contributed by atoms with E-state index in [4.69, 9.17) is 16.6 Å². The lowest BCUT2D eigenvalue weighted by Gasteiger charge is -2.20. The van der Waals surface area contributed by atoms with Crippen molar-refractivity contribution in [3.63, 3.8) is 0 Å². The Labute approximate surface area is 149 Å². The van der Waals surface area contributed by atoms with Crippen molar-refractivity contribution in [3.05, 3.63) is 53.3 Å². The average molecular weight is 354 g/mol. The van der Waals surface area contributed by atoms with Gasteiger partial charge in [-0.25, -0.2) is 15.0 Å². The number of hydrogen-bond donors (Lipinski definition) is 1. The van der Waals surface area contributed by atoms with Gasteiger partial charge in [0.1, 0.15) is 5.15 Å². The number of anilines is 2. The molecule has 6 nitrogen and oxygen atoms in total. The average Bonchev–Trinajstić information content (AvgIpc) is 3.15. The molecule has 1 aliphatic rings. The Balaban J connectivity index is 1.73. The number of carbonyl (C=O) groups excluding carboxylic acids is 1. The summed E-state index contributed by atoms with van der Waals surface area (Å²) in [4.78, 5) is 28.0. The molecular weight excluding hydrogens is 338 g/mol. The number of benzene rings is 1. The molecule has 0 atom stereocenters. The van der Waals surface area contributed by atoms with Crippen LogP contribution in [-0.2, 0) is 0 Å². The van der Waals surface area contributed by atoms with E-state index in [1.807, 2.05) is 24.3 Å². The van der Waals surface area contributed by atoms with E-state index in [9.17, 15) is 4.79 Å². The molecule has 3 aromatic rings. The minimum Gasteiger partial charge on any atom is -0.354 e. The van der Waals surface area contributed by atoms with E-state index in [-0.39, 0.29) is 11.1 Å². The molecule has 0 aliphatic carbocycles. The van der Waals surface area contributed by atoms with E-state index in [0.717, 1.165) is 37.0 Å². The fraction of sp³-hybridized carbons (Fsp3) is 0.222. The standard InChI is InChI=1S/C18H16ClN5O/c19-15-11-12(7-8-20-15)18(25)23-16-17(24-9-3-4-10-24)22-14-6-2-1-5-13(14)21-16/h1-2,5-8,11H,3-4,9-10H2,(H,21,23,25).